The smallest absolute Gasteiger partial charge is 0.239 e. The number of carbonyl (C=O) groups is 1. The molecule has 1 fully saturated rings. The van der Waals surface area contributed by atoms with Crippen LogP contribution >= 0.6 is 0 Å². The van der Waals surface area contributed by atoms with Crippen LogP contribution in [0.25, 0.3) is 0 Å². The van der Waals surface area contributed by atoms with E-state index in [1.54, 1.807) is 12.1 Å². The maximum atomic E-state index is 13.1. The van der Waals surface area contributed by atoms with Gasteiger partial charge in [0.1, 0.15) is 5.82 Å². The van der Waals surface area contributed by atoms with E-state index in [-0.39, 0.29) is 18.1 Å². The van der Waals surface area contributed by atoms with Gasteiger partial charge in [-0.1, -0.05) is 6.07 Å². The van der Waals surface area contributed by atoms with Crippen molar-refractivity contribution in [2.45, 2.75) is 18.9 Å². The van der Waals surface area contributed by atoms with Crippen LogP contribution in [0.5, 0.6) is 0 Å². The maximum absolute atomic E-state index is 13.1. The minimum absolute atomic E-state index is 0.0433. The van der Waals surface area contributed by atoms with Crippen LogP contribution in [0, 0.1) is 5.82 Å². The molecule has 16 heavy (non-hydrogen) atoms. The zero-order valence-corrected chi connectivity index (χ0v) is 8.79. The number of nitrogen functional groups attached to an aromatic ring is 1. The van der Waals surface area contributed by atoms with Gasteiger partial charge in [-0.3, -0.25) is 4.79 Å². The highest BCUT2D eigenvalue weighted by Crippen LogP contribution is 2.21. The van der Waals surface area contributed by atoms with Gasteiger partial charge in [0, 0.05) is 6.04 Å². The van der Waals surface area contributed by atoms with E-state index in [4.69, 9.17) is 5.73 Å². The zero-order chi connectivity index (χ0) is 11.5. The third-order valence-electron chi connectivity index (χ3n) is 2.43. The number of nitrogens with one attached hydrogen (secondary N) is 2. The summed E-state index contributed by atoms with van der Waals surface area (Å²) >= 11 is 0. The average Bonchev–Trinajstić information content (AvgIpc) is 3.04. The van der Waals surface area contributed by atoms with Crippen LogP contribution < -0.4 is 16.4 Å². The molecule has 0 saturated heterocycles. The molecule has 1 amide bonds. The largest absolute Gasteiger partial charge is 0.395 e. The monoisotopic (exact) mass is 223 g/mol. The number of para-hydroxylation sites is 1. The molecule has 5 heteroatoms. The van der Waals surface area contributed by atoms with Crippen LogP contribution in [-0.4, -0.2) is 18.5 Å². The van der Waals surface area contributed by atoms with Gasteiger partial charge in [0.25, 0.3) is 0 Å². The Morgan fingerprint density at radius 2 is 2.25 bits per heavy atom. The summed E-state index contributed by atoms with van der Waals surface area (Å²) in [6.45, 7) is 0.115. The number of carbonyl (C=O) groups excluding carboxylic acids is 1. The lowest BCUT2D eigenvalue weighted by molar-refractivity contribution is -0.119. The predicted molar refractivity (Wildman–Crippen MR) is 60.5 cm³/mol. The molecular formula is C11H14FN3O. The Hall–Kier alpha value is -1.78. The van der Waals surface area contributed by atoms with E-state index in [1.165, 1.54) is 6.07 Å². The second kappa shape index (κ2) is 4.38. The summed E-state index contributed by atoms with van der Waals surface area (Å²) in [5, 5.41) is 5.63. The van der Waals surface area contributed by atoms with Crippen molar-refractivity contribution in [3.8, 4) is 0 Å². The zero-order valence-electron chi connectivity index (χ0n) is 8.79. The van der Waals surface area contributed by atoms with Crippen molar-refractivity contribution in [1.82, 2.24) is 5.32 Å². The second-order valence-corrected chi connectivity index (χ2v) is 3.90. The molecule has 0 unspecified atom stereocenters. The van der Waals surface area contributed by atoms with Crippen molar-refractivity contribution in [3.63, 3.8) is 0 Å². The Morgan fingerprint density at radius 1 is 1.50 bits per heavy atom. The molecule has 1 aromatic rings. The van der Waals surface area contributed by atoms with Gasteiger partial charge >= 0.3 is 0 Å². The van der Waals surface area contributed by atoms with Gasteiger partial charge in [0.15, 0.2) is 0 Å². The molecule has 1 saturated carbocycles. The van der Waals surface area contributed by atoms with Gasteiger partial charge in [-0.15, -0.1) is 0 Å². The van der Waals surface area contributed by atoms with Gasteiger partial charge < -0.3 is 16.4 Å². The first-order valence-electron chi connectivity index (χ1n) is 5.24. The summed E-state index contributed by atoms with van der Waals surface area (Å²) in [5.41, 5.74) is 6.01. The van der Waals surface area contributed by atoms with E-state index in [0.717, 1.165) is 12.8 Å². The maximum Gasteiger partial charge on any atom is 0.239 e. The number of anilines is 2. The minimum atomic E-state index is -0.479. The number of amides is 1. The molecule has 86 valence electrons. The SMILES string of the molecule is Nc1c(F)cccc1NCC(=O)NC1CC1. The van der Waals surface area contributed by atoms with Crippen LogP contribution in [0.15, 0.2) is 18.2 Å². The van der Waals surface area contributed by atoms with Gasteiger partial charge in [-0.05, 0) is 25.0 Å². The van der Waals surface area contributed by atoms with Crippen molar-refractivity contribution in [1.29, 1.82) is 0 Å². The molecule has 1 aliphatic carbocycles. The lowest BCUT2D eigenvalue weighted by Crippen LogP contribution is -2.31. The lowest BCUT2D eigenvalue weighted by atomic mass is 10.2. The third kappa shape index (κ3) is 2.62. The first kappa shape index (κ1) is 10.7. The first-order valence-corrected chi connectivity index (χ1v) is 5.24. The van der Waals surface area contributed by atoms with E-state index in [2.05, 4.69) is 10.6 Å². The van der Waals surface area contributed by atoms with Gasteiger partial charge in [-0.2, -0.15) is 0 Å². The molecule has 0 atom stereocenters. The molecule has 4 nitrogen and oxygen atoms in total. The van der Waals surface area contributed by atoms with Crippen molar-refractivity contribution in [2.75, 3.05) is 17.6 Å². The first-order chi connectivity index (χ1) is 7.66. The third-order valence-corrected chi connectivity index (χ3v) is 2.43. The van der Waals surface area contributed by atoms with Gasteiger partial charge in [0.2, 0.25) is 5.91 Å². The lowest BCUT2D eigenvalue weighted by Gasteiger charge is -2.09. The van der Waals surface area contributed by atoms with E-state index in [1.807, 2.05) is 0 Å². The molecular weight excluding hydrogens is 209 g/mol. The van der Waals surface area contributed by atoms with Crippen molar-refractivity contribution < 1.29 is 9.18 Å². The molecule has 1 aromatic carbocycles. The standard InChI is InChI=1S/C11H14FN3O/c12-8-2-1-3-9(11(8)13)14-6-10(16)15-7-4-5-7/h1-3,7,14H,4-6,13H2,(H,15,16). The summed E-state index contributed by atoms with van der Waals surface area (Å²) < 4.78 is 13.1. The van der Waals surface area contributed by atoms with Crippen LogP contribution in [0.1, 0.15) is 12.8 Å². The van der Waals surface area contributed by atoms with Crippen molar-refractivity contribution in [3.05, 3.63) is 24.0 Å². The van der Waals surface area contributed by atoms with Gasteiger partial charge in [0.05, 0.1) is 17.9 Å². The summed E-state index contributed by atoms with van der Waals surface area (Å²) in [6.07, 6.45) is 2.10. The van der Waals surface area contributed by atoms with E-state index < -0.39 is 5.82 Å². The highest BCUT2D eigenvalue weighted by molar-refractivity contribution is 5.82. The summed E-state index contributed by atoms with van der Waals surface area (Å²) in [4.78, 5) is 11.4. The van der Waals surface area contributed by atoms with Crippen LogP contribution in [0.3, 0.4) is 0 Å². The van der Waals surface area contributed by atoms with Crippen molar-refractivity contribution in [2.24, 2.45) is 0 Å². The molecule has 0 spiro atoms. The van der Waals surface area contributed by atoms with E-state index >= 15 is 0 Å². The molecule has 0 aromatic heterocycles. The molecule has 2 rings (SSSR count). The predicted octanol–water partition coefficient (Wildman–Crippen LogP) is 1.10. The molecule has 0 aliphatic heterocycles. The number of hydrogen-bond acceptors (Lipinski definition) is 3. The Balaban J connectivity index is 1.88. The minimum Gasteiger partial charge on any atom is -0.395 e. The van der Waals surface area contributed by atoms with E-state index in [9.17, 15) is 9.18 Å². The van der Waals surface area contributed by atoms with Crippen LogP contribution in [0.2, 0.25) is 0 Å². The normalized spacial score (nSPS) is 14.6. The number of halogens is 1. The van der Waals surface area contributed by atoms with Crippen molar-refractivity contribution >= 4 is 17.3 Å². The van der Waals surface area contributed by atoms with Gasteiger partial charge in [-0.25, -0.2) is 4.39 Å². The van der Waals surface area contributed by atoms with Crippen LogP contribution in [-0.2, 0) is 4.79 Å². The summed E-state index contributed by atoms with van der Waals surface area (Å²) in [5.74, 6) is -0.571. The molecule has 0 heterocycles. The topological polar surface area (TPSA) is 67.1 Å². The molecule has 0 bridgehead atoms. The molecule has 1 aliphatic rings. The highest BCUT2D eigenvalue weighted by atomic mass is 19.1. The molecule has 0 radical (unpaired) electrons. The Bertz CT molecular complexity index is 404. The highest BCUT2D eigenvalue weighted by Gasteiger charge is 2.22. The summed E-state index contributed by atoms with van der Waals surface area (Å²) in [6, 6.07) is 4.81. The van der Waals surface area contributed by atoms with E-state index in [0.29, 0.717) is 11.7 Å². The summed E-state index contributed by atoms with van der Waals surface area (Å²) in [7, 11) is 0. The number of rotatable bonds is 4. The Kier molecular flexibility index (Phi) is 2.94. The second-order valence-electron chi connectivity index (χ2n) is 3.90. The fourth-order valence-electron chi connectivity index (χ4n) is 1.37. The fourth-order valence-corrected chi connectivity index (χ4v) is 1.37. The molecule has 4 N–H and O–H groups in total. The Morgan fingerprint density at radius 3 is 2.94 bits per heavy atom. The van der Waals surface area contributed by atoms with Crippen LogP contribution in [0.4, 0.5) is 15.8 Å². The fraction of sp³-hybridized carbons (Fsp3) is 0.364. The quantitative estimate of drug-likeness (QED) is 0.669. The Labute approximate surface area is 93.0 Å². The average molecular weight is 223 g/mol. The number of nitrogens with two attached hydrogens (primary N) is 1. The number of hydrogen-bond donors (Lipinski definition) is 3. The number of benzene rings is 1.